The fourth-order valence-corrected chi connectivity index (χ4v) is 4.45. The van der Waals surface area contributed by atoms with Gasteiger partial charge in [-0.25, -0.2) is 4.98 Å². The fraction of sp³-hybridized carbons (Fsp3) is 0.267. The van der Waals surface area contributed by atoms with Crippen molar-refractivity contribution < 1.29 is 4.74 Å². The average molecular weight is 479 g/mol. The lowest BCUT2D eigenvalue weighted by atomic mass is 9.99. The van der Waals surface area contributed by atoms with E-state index in [-0.39, 0.29) is 11.3 Å². The summed E-state index contributed by atoms with van der Waals surface area (Å²) in [5.74, 6) is 1.38. The summed E-state index contributed by atoms with van der Waals surface area (Å²) in [6.07, 6.45) is 2.18. The van der Waals surface area contributed by atoms with E-state index in [1.54, 1.807) is 0 Å². The minimum Gasteiger partial charge on any atom is -0.431 e. The number of aryl methyl sites for hydroxylation is 3. The van der Waals surface area contributed by atoms with Crippen LogP contribution in [0.4, 0.5) is 0 Å². The van der Waals surface area contributed by atoms with Crippen molar-refractivity contribution in [2.45, 2.75) is 53.5 Å². The van der Waals surface area contributed by atoms with Crippen molar-refractivity contribution in [3.05, 3.63) is 105 Å². The zero-order valence-corrected chi connectivity index (χ0v) is 21.2. The molecule has 2 aromatic heterocycles. The summed E-state index contributed by atoms with van der Waals surface area (Å²) in [4.78, 5) is 21.9. The summed E-state index contributed by atoms with van der Waals surface area (Å²) in [6, 6.07) is 21.8. The molecule has 36 heavy (non-hydrogen) atoms. The van der Waals surface area contributed by atoms with Gasteiger partial charge in [-0.3, -0.25) is 4.79 Å². The second-order valence-electron chi connectivity index (χ2n) is 8.88. The zero-order valence-electron chi connectivity index (χ0n) is 21.2. The Morgan fingerprint density at radius 1 is 1.00 bits per heavy atom. The lowest BCUT2D eigenvalue weighted by molar-refractivity contribution is 0.433. The maximum Gasteiger partial charge on any atom is 0.316 e. The van der Waals surface area contributed by atoms with Gasteiger partial charge in [0.05, 0.1) is 17.3 Å². The van der Waals surface area contributed by atoms with Crippen molar-refractivity contribution >= 4 is 0 Å². The van der Waals surface area contributed by atoms with E-state index in [4.69, 9.17) is 4.74 Å². The van der Waals surface area contributed by atoms with Gasteiger partial charge in [-0.2, -0.15) is 10.2 Å². The Bertz CT molecular complexity index is 1460. The maximum absolute atomic E-state index is 13.0. The van der Waals surface area contributed by atoms with Crippen LogP contribution in [0.15, 0.2) is 65.5 Å². The van der Waals surface area contributed by atoms with Crippen molar-refractivity contribution in [2.24, 2.45) is 0 Å². The van der Waals surface area contributed by atoms with Gasteiger partial charge in [0.25, 0.3) is 0 Å². The molecule has 0 saturated heterocycles. The van der Waals surface area contributed by atoms with Crippen LogP contribution in [0.1, 0.15) is 54.2 Å². The molecule has 182 valence electrons. The highest BCUT2D eigenvalue weighted by atomic mass is 16.5. The van der Waals surface area contributed by atoms with Gasteiger partial charge in [0.15, 0.2) is 0 Å². The highest BCUT2D eigenvalue weighted by Gasteiger charge is 2.19. The first kappa shape index (κ1) is 24.9. The predicted octanol–water partition coefficient (Wildman–Crippen LogP) is 6.15. The van der Waals surface area contributed by atoms with Crippen LogP contribution < -0.4 is 10.3 Å². The first-order chi connectivity index (χ1) is 17.4. The van der Waals surface area contributed by atoms with Gasteiger partial charge in [0.2, 0.25) is 11.6 Å². The minimum absolute atomic E-state index is 0.231. The number of ether oxygens (including phenoxy) is 1. The molecule has 0 aliphatic carbocycles. The van der Waals surface area contributed by atoms with Crippen LogP contribution in [0.25, 0.3) is 11.1 Å². The summed E-state index contributed by atoms with van der Waals surface area (Å²) in [5.41, 5.74) is 5.91. The summed E-state index contributed by atoms with van der Waals surface area (Å²) in [7, 11) is 0. The molecule has 6 nitrogen and oxygen atoms in total. The van der Waals surface area contributed by atoms with E-state index in [0.717, 1.165) is 45.9 Å². The van der Waals surface area contributed by atoms with E-state index >= 15 is 0 Å². The Morgan fingerprint density at radius 3 is 2.42 bits per heavy atom. The molecule has 0 saturated carbocycles. The lowest BCUT2D eigenvalue weighted by Crippen LogP contribution is -2.24. The van der Waals surface area contributed by atoms with Crippen LogP contribution in [0.5, 0.6) is 11.6 Å². The molecule has 2 aromatic carbocycles. The van der Waals surface area contributed by atoms with Crippen molar-refractivity contribution in [1.29, 1.82) is 5.26 Å². The number of nitrogens with zero attached hydrogens (tertiary/aromatic N) is 4. The van der Waals surface area contributed by atoms with Crippen LogP contribution in [0.2, 0.25) is 0 Å². The fourth-order valence-electron chi connectivity index (χ4n) is 4.45. The Balaban J connectivity index is 1.73. The minimum atomic E-state index is -0.365. The Kier molecular flexibility index (Phi) is 7.60. The molecule has 6 heteroatoms. The van der Waals surface area contributed by atoms with Gasteiger partial charge in [-0.15, -0.1) is 0 Å². The third-order valence-corrected chi connectivity index (χ3v) is 6.07. The molecular formula is C30H30N4O2. The number of nitriles is 1. The predicted molar refractivity (Wildman–Crippen MR) is 141 cm³/mol. The highest BCUT2D eigenvalue weighted by molar-refractivity contribution is 5.70. The normalized spacial score (nSPS) is 10.8. The van der Waals surface area contributed by atoms with Crippen LogP contribution >= 0.6 is 0 Å². The smallest absolute Gasteiger partial charge is 0.316 e. The van der Waals surface area contributed by atoms with Crippen molar-refractivity contribution in [1.82, 2.24) is 14.5 Å². The van der Waals surface area contributed by atoms with E-state index in [1.165, 1.54) is 0 Å². The molecule has 0 N–H and O–H groups in total. The third-order valence-electron chi connectivity index (χ3n) is 6.07. The van der Waals surface area contributed by atoms with E-state index in [9.17, 15) is 10.1 Å². The van der Waals surface area contributed by atoms with E-state index in [1.807, 2.05) is 69.3 Å². The second-order valence-corrected chi connectivity index (χ2v) is 8.88. The van der Waals surface area contributed by atoms with E-state index < -0.39 is 0 Å². The summed E-state index contributed by atoms with van der Waals surface area (Å²) < 4.78 is 8.17. The monoisotopic (exact) mass is 478 g/mol. The highest BCUT2D eigenvalue weighted by Crippen LogP contribution is 2.26. The Labute approximate surface area is 211 Å². The number of hydrogen-bond donors (Lipinski definition) is 0. The van der Waals surface area contributed by atoms with Crippen molar-refractivity contribution in [3.8, 4) is 28.8 Å². The Hall–Kier alpha value is -4.24. The summed E-state index contributed by atoms with van der Waals surface area (Å²) >= 11 is 0. The summed E-state index contributed by atoms with van der Waals surface area (Å²) in [5, 5.41) is 9.45. The molecule has 0 atom stereocenters. The first-order valence-corrected chi connectivity index (χ1v) is 12.3. The largest absolute Gasteiger partial charge is 0.431 e. The van der Waals surface area contributed by atoms with Gasteiger partial charge >= 0.3 is 5.56 Å². The van der Waals surface area contributed by atoms with E-state index in [0.29, 0.717) is 30.8 Å². The molecule has 0 fully saturated rings. The molecule has 0 amide bonds. The first-order valence-electron chi connectivity index (χ1n) is 12.3. The van der Waals surface area contributed by atoms with Crippen LogP contribution in [-0.2, 0) is 19.4 Å². The topological polar surface area (TPSA) is 80.8 Å². The maximum atomic E-state index is 13.0. The van der Waals surface area contributed by atoms with Gasteiger partial charge in [0.1, 0.15) is 5.82 Å². The molecule has 4 rings (SSSR count). The molecule has 0 spiro atoms. The lowest BCUT2D eigenvalue weighted by Gasteiger charge is -2.20. The quantitative estimate of drug-likeness (QED) is 0.303. The Morgan fingerprint density at radius 2 is 1.75 bits per heavy atom. The van der Waals surface area contributed by atoms with Gasteiger partial charge in [-0.1, -0.05) is 56.3 Å². The van der Waals surface area contributed by atoms with Crippen molar-refractivity contribution in [2.75, 3.05) is 0 Å². The van der Waals surface area contributed by atoms with Gasteiger partial charge in [0, 0.05) is 24.7 Å². The van der Waals surface area contributed by atoms with Crippen molar-refractivity contribution in [3.63, 3.8) is 0 Å². The number of rotatable bonds is 8. The molecule has 0 aliphatic rings. The number of benzene rings is 2. The third kappa shape index (κ3) is 5.36. The molecule has 2 heterocycles. The van der Waals surface area contributed by atoms with Gasteiger partial charge < -0.3 is 9.30 Å². The number of aromatic nitrogens is 3. The average Bonchev–Trinajstić information content (AvgIpc) is 2.87. The SMILES string of the molecule is CCCc1nc(=O)c(Oc2cc(C)cc(C)n2)c(CC)n1Cc1ccc(-c2ccccc2C#N)cc1. The molecule has 4 aromatic rings. The van der Waals surface area contributed by atoms with Crippen LogP contribution in [0.3, 0.4) is 0 Å². The molecule has 0 bridgehead atoms. The van der Waals surface area contributed by atoms with Crippen LogP contribution in [-0.4, -0.2) is 14.5 Å². The molecule has 0 aliphatic heterocycles. The number of pyridine rings is 1. The second kappa shape index (κ2) is 11.0. The molecule has 0 unspecified atom stereocenters. The van der Waals surface area contributed by atoms with Gasteiger partial charge in [-0.05, 0) is 61.1 Å². The molecule has 0 radical (unpaired) electrons. The summed E-state index contributed by atoms with van der Waals surface area (Å²) in [6.45, 7) is 8.53. The standard InChI is InChI=1S/C30H30N4O2/c1-5-9-27-33-30(35)29(36-28-17-20(3)16-21(4)32-28)26(6-2)34(27)19-22-12-14-23(15-13-22)25-11-8-7-10-24(25)18-31/h7-8,10-17H,5-6,9,19H2,1-4H3. The zero-order chi connectivity index (χ0) is 25.7. The molecular weight excluding hydrogens is 448 g/mol. The van der Waals surface area contributed by atoms with Crippen LogP contribution in [0, 0.1) is 25.2 Å². The van der Waals surface area contributed by atoms with E-state index in [2.05, 4.69) is 39.7 Å². The number of hydrogen-bond acceptors (Lipinski definition) is 5.